The van der Waals surface area contributed by atoms with Crippen molar-refractivity contribution in [3.8, 4) is 5.75 Å². The lowest BCUT2D eigenvalue weighted by molar-refractivity contribution is 0.108. The van der Waals surface area contributed by atoms with Crippen LogP contribution in [0.1, 0.15) is 25.7 Å². The minimum absolute atomic E-state index is 0.261. The Balaban J connectivity index is 1.80. The Morgan fingerprint density at radius 2 is 2.21 bits per heavy atom. The van der Waals surface area contributed by atoms with E-state index < -0.39 is 0 Å². The van der Waals surface area contributed by atoms with E-state index in [4.69, 9.17) is 4.74 Å². The number of ether oxygens (including phenoxy) is 1. The molecule has 4 heteroatoms. The van der Waals surface area contributed by atoms with Crippen molar-refractivity contribution >= 4 is 15.9 Å². The molecule has 1 N–H and O–H groups in total. The van der Waals surface area contributed by atoms with Gasteiger partial charge in [0, 0.05) is 17.1 Å². The van der Waals surface area contributed by atoms with Gasteiger partial charge in [0.15, 0.2) is 0 Å². The Hall–Kier alpha value is -0.580. The van der Waals surface area contributed by atoms with Crippen LogP contribution in [0.15, 0.2) is 28.7 Å². The van der Waals surface area contributed by atoms with E-state index >= 15 is 0 Å². The largest absolute Gasteiger partial charge is 0.492 e. The first-order valence-electron chi connectivity index (χ1n) is 7.03. The van der Waals surface area contributed by atoms with Crippen molar-refractivity contribution in [1.82, 2.24) is 4.90 Å². The second-order valence-electron chi connectivity index (χ2n) is 5.03. The fourth-order valence-corrected chi connectivity index (χ4v) is 2.95. The number of hydrogen-bond donors (Lipinski definition) is 1. The molecule has 1 fully saturated rings. The number of rotatable bonds is 5. The molecule has 3 nitrogen and oxygen atoms in total. The molecule has 1 unspecified atom stereocenters. The Labute approximate surface area is 123 Å². The molecule has 19 heavy (non-hydrogen) atoms. The molecule has 106 valence electrons. The van der Waals surface area contributed by atoms with E-state index in [1.165, 1.54) is 19.3 Å². The zero-order chi connectivity index (χ0) is 13.5. The van der Waals surface area contributed by atoms with Gasteiger partial charge in [0.25, 0.3) is 0 Å². The second kappa shape index (κ2) is 7.88. The van der Waals surface area contributed by atoms with E-state index in [0.717, 1.165) is 29.7 Å². The van der Waals surface area contributed by atoms with Gasteiger partial charge in [-0.05, 0) is 37.6 Å². The van der Waals surface area contributed by atoms with Crippen molar-refractivity contribution in [2.75, 3.05) is 26.3 Å². The summed E-state index contributed by atoms with van der Waals surface area (Å²) in [7, 11) is 0. The first-order valence-corrected chi connectivity index (χ1v) is 7.82. The molecule has 1 aromatic rings. The summed E-state index contributed by atoms with van der Waals surface area (Å²) in [6, 6.07) is 8.22. The Kier molecular flexibility index (Phi) is 6.14. The summed E-state index contributed by atoms with van der Waals surface area (Å²) in [6.45, 7) is 2.90. The van der Waals surface area contributed by atoms with Crippen LogP contribution in [0.4, 0.5) is 0 Å². The first-order chi connectivity index (χ1) is 9.29. The third-order valence-corrected chi connectivity index (χ3v) is 4.15. The van der Waals surface area contributed by atoms with Crippen molar-refractivity contribution < 1.29 is 9.84 Å². The molecular formula is C15H22BrNO2. The molecule has 2 rings (SSSR count). The van der Waals surface area contributed by atoms with Crippen molar-refractivity contribution in [2.45, 2.75) is 31.7 Å². The molecule has 1 heterocycles. The van der Waals surface area contributed by atoms with Crippen molar-refractivity contribution in [3.05, 3.63) is 28.7 Å². The fraction of sp³-hybridized carbons (Fsp3) is 0.600. The average molecular weight is 328 g/mol. The van der Waals surface area contributed by atoms with Crippen LogP contribution in [0.25, 0.3) is 0 Å². The van der Waals surface area contributed by atoms with Gasteiger partial charge in [0.2, 0.25) is 0 Å². The third-order valence-electron chi connectivity index (χ3n) is 3.65. The number of likely N-dealkylation sites (tertiary alicyclic amines) is 1. The van der Waals surface area contributed by atoms with Gasteiger partial charge in [-0.3, -0.25) is 4.90 Å². The maximum absolute atomic E-state index is 9.45. The lowest BCUT2D eigenvalue weighted by Gasteiger charge is -2.28. The number of aliphatic hydroxyl groups is 1. The van der Waals surface area contributed by atoms with Crippen LogP contribution in [0.2, 0.25) is 0 Å². The standard InChI is InChI=1S/C15H22BrNO2/c16-13-5-4-7-15(11-13)19-10-9-17-8-3-1-2-6-14(17)12-18/h4-5,7,11,14,18H,1-3,6,8-10,12H2. The molecular weight excluding hydrogens is 306 g/mol. The molecule has 1 aliphatic heterocycles. The van der Waals surface area contributed by atoms with E-state index in [-0.39, 0.29) is 6.61 Å². The first kappa shape index (κ1) is 14.8. The van der Waals surface area contributed by atoms with Crippen LogP contribution in [-0.2, 0) is 0 Å². The average Bonchev–Trinajstić information content (AvgIpc) is 2.64. The van der Waals surface area contributed by atoms with Crippen LogP contribution < -0.4 is 4.74 Å². The predicted molar refractivity (Wildman–Crippen MR) is 80.6 cm³/mol. The number of hydrogen-bond acceptors (Lipinski definition) is 3. The Bertz CT molecular complexity index is 386. The molecule has 1 aromatic carbocycles. The van der Waals surface area contributed by atoms with E-state index in [1.807, 2.05) is 24.3 Å². The SMILES string of the molecule is OCC1CCCCCN1CCOc1cccc(Br)c1. The van der Waals surface area contributed by atoms with Crippen molar-refractivity contribution in [3.63, 3.8) is 0 Å². The second-order valence-corrected chi connectivity index (χ2v) is 5.94. The lowest BCUT2D eigenvalue weighted by Crippen LogP contribution is -2.40. The van der Waals surface area contributed by atoms with Gasteiger partial charge in [-0.15, -0.1) is 0 Å². The molecule has 0 saturated carbocycles. The summed E-state index contributed by atoms with van der Waals surface area (Å²) in [4.78, 5) is 2.37. The molecule has 1 aliphatic rings. The molecule has 0 radical (unpaired) electrons. The highest BCUT2D eigenvalue weighted by atomic mass is 79.9. The zero-order valence-electron chi connectivity index (χ0n) is 11.2. The molecule has 0 bridgehead atoms. The topological polar surface area (TPSA) is 32.7 Å². The summed E-state index contributed by atoms with van der Waals surface area (Å²) in [5, 5.41) is 9.45. The van der Waals surface area contributed by atoms with Crippen molar-refractivity contribution in [2.24, 2.45) is 0 Å². The highest BCUT2D eigenvalue weighted by Crippen LogP contribution is 2.19. The van der Waals surface area contributed by atoms with Crippen LogP contribution >= 0.6 is 15.9 Å². The van der Waals surface area contributed by atoms with Gasteiger partial charge < -0.3 is 9.84 Å². The van der Waals surface area contributed by atoms with E-state index in [0.29, 0.717) is 12.6 Å². The van der Waals surface area contributed by atoms with Crippen LogP contribution in [0.5, 0.6) is 5.75 Å². The van der Waals surface area contributed by atoms with Gasteiger partial charge in [0.05, 0.1) is 6.61 Å². The molecule has 0 aromatic heterocycles. The van der Waals surface area contributed by atoms with Crippen LogP contribution in [-0.4, -0.2) is 42.4 Å². The van der Waals surface area contributed by atoms with Gasteiger partial charge >= 0.3 is 0 Å². The maximum atomic E-state index is 9.45. The van der Waals surface area contributed by atoms with E-state index in [9.17, 15) is 5.11 Å². The lowest BCUT2D eigenvalue weighted by atomic mass is 10.1. The Morgan fingerprint density at radius 3 is 3.00 bits per heavy atom. The minimum atomic E-state index is 0.261. The maximum Gasteiger partial charge on any atom is 0.120 e. The summed E-state index contributed by atoms with van der Waals surface area (Å²) >= 11 is 3.44. The monoisotopic (exact) mass is 327 g/mol. The smallest absolute Gasteiger partial charge is 0.120 e. The molecule has 0 spiro atoms. The van der Waals surface area contributed by atoms with Crippen molar-refractivity contribution in [1.29, 1.82) is 0 Å². The molecule has 0 aliphatic carbocycles. The summed E-state index contributed by atoms with van der Waals surface area (Å²) in [5.41, 5.74) is 0. The molecule has 1 saturated heterocycles. The van der Waals surface area contributed by atoms with Gasteiger partial charge in [-0.2, -0.15) is 0 Å². The summed E-state index contributed by atoms with van der Waals surface area (Å²) in [5.74, 6) is 0.893. The predicted octanol–water partition coefficient (Wildman–Crippen LogP) is 3.06. The number of nitrogens with zero attached hydrogens (tertiary/aromatic N) is 1. The summed E-state index contributed by atoms with van der Waals surface area (Å²) < 4.78 is 6.81. The highest BCUT2D eigenvalue weighted by Gasteiger charge is 2.19. The van der Waals surface area contributed by atoms with Gasteiger partial charge in [0.1, 0.15) is 12.4 Å². The minimum Gasteiger partial charge on any atom is -0.492 e. The third kappa shape index (κ3) is 4.79. The summed E-state index contributed by atoms with van der Waals surface area (Å²) in [6.07, 6.45) is 4.84. The zero-order valence-corrected chi connectivity index (χ0v) is 12.8. The number of aliphatic hydroxyl groups excluding tert-OH is 1. The fourth-order valence-electron chi connectivity index (χ4n) is 2.58. The number of halogens is 1. The molecule has 0 amide bonds. The Morgan fingerprint density at radius 1 is 1.32 bits per heavy atom. The van der Waals surface area contributed by atoms with Crippen LogP contribution in [0.3, 0.4) is 0 Å². The van der Waals surface area contributed by atoms with Crippen LogP contribution in [0, 0.1) is 0 Å². The number of benzene rings is 1. The van der Waals surface area contributed by atoms with Gasteiger partial charge in [-0.25, -0.2) is 0 Å². The highest BCUT2D eigenvalue weighted by molar-refractivity contribution is 9.10. The van der Waals surface area contributed by atoms with E-state index in [1.54, 1.807) is 0 Å². The van der Waals surface area contributed by atoms with Gasteiger partial charge in [-0.1, -0.05) is 34.8 Å². The molecule has 1 atom stereocenters. The normalized spacial score (nSPS) is 21.1. The quantitative estimate of drug-likeness (QED) is 0.902. The van der Waals surface area contributed by atoms with E-state index in [2.05, 4.69) is 20.8 Å².